The first-order valence-electron chi connectivity index (χ1n) is 1.07. The standard InChI is InChI=1S/C2H3F3.Li.H/c1-2(3,4)5;;/h1H3;;/q;+1;-1/p+1. The van der Waals surface area contributed by atoms with Gasteiger partial charge in [0.25, 0.3) is 0 Å². The van der Waals surface area contributed by atoms with Gasteiger partial charge in [0.05, 0.1) is 0 Å². The zero-order chi connectivity index (χ0) is 4.50. The molecule has 0 aromatic heterocycles. The molecule has 0 radical (unpaired) electrons. The second-order valence-electron chi connectivity index (χ2n) is 0.781. The maximum atomic E-state index is 10.4. The van der Waals surface area contributed by atoms with Gasteiger partial charge in [0.1, 0.15) is 0 Å². The van der Waals surface area contributed by atoms with E-state index in [2.05, 4.69) is 0 Å². The molecule has 0 aromatic rings. The van der Waals surface area contributed by atoms with Gasteiger partial charge in [-0.25, -0.2) is 0 Å². The van der Waals surface area contributed by atoms with Crippen LogP contribution in [0.1, 0.15) is 9.78 Å². The van der Waals surface area contributed by atoms with Gasteiger partial charge in [-0.1, -0.05) is 0 Å². The SMILES string of the molecule is CC(F)(F)F.[H+].[H-].[Li+]. The van der Waals surface area contributed by atoms with Crippen LogP contribution in [0.15, 0.2) is 0 Å². The van der Waals surface area contributed by atoms with Crippen molar-refractivity contribution in [2.75, 3.05) is 0 Å². The van der Waals surface area contributed by atoms with Crippen LogP contribution in [0.5, 0.6) is 0 Å². The number of hydrogen-bond acceptors (Lipinski definition) is 0. The van der Waals surface area contributed by atoms with E-state index >= 15 is 0 Å². The molecule has 0 heterocycles. The van der Waals surface area contributed by atoms with Crippen molar-refractivity contribution in [3.63, 3.8) is 0 Å². The zero-order valence-electron chi connectivity index (χ0n) is 5.63. The summed E-state index contributed by atoms with van der Waals surface area (Å²) >= 11 is 0. The van der Waals surface area contributed by atoms with Crippen LogP contribution in [-0.4, -0.2) is 6.18 Å². The molecule has 0 nitrogen and oxygen atoms in total. The van der Waals surface area contributed by atoms with Gasteiger partial charge in [-0.2, -0.15) is 13.2 Å². The molecule has 0 aliphatic heterocycles. The molecule has 0 aliphatic rings. The molecule has 0 N–H and O–H groups in total. The average Bonchev–Trinajstić information content (AvgIpc) is 0.722. The van der Waals surface area contributed by atoms with Crippen LogP contribution in [0.4, 0.5) is 13.2 Å². The molecule has 0 rings (SSSR count). The summed E-state index contributed by atoms with van der Waals surface area (Å²) in [7, 11) is 0. The monoisotopic (exact) mass is 93.0 g/mol. The van der Waals surface area contributed by atoms with Crippen LogP contribution < -0.4 is 18.9 Å². The fourth-order valence-corrected chi connectivity index (χ4v) is 0. The van der Waals surface area contributed by atoms with Crippen LogP contribution in [0, 0.1) is 0 Å². The molecule has 0 saturated heterocycles. The van der Waals surface area contributed by atoms with Crippen LogP contribution in [0.3, 0.4) is 0 Å². The van der Waals surface area contributed by atoms with Crippen LogP contribution in [0.2, 0.25) is 0 Å². The molecule has 6 heavy (non-hydrogen) atoms. The van der Waals surface area contributed by atoms with Gasteiger partial charge in [0.2, 0.25) is 0 Å². The Morgan fingerprint density at radius 2 is 1.50 bits per heavy atom. The van der Waals surface area contributed by atoms with Crippen LogP contribution >= 0.6 is 0 Å². The Bertz CT molecular complexity index is 30.8. The van der Waals surface area contributed by atoms with Crippen molar-refractivity contribution >= 4 is 0 Å². The first-order valence-corrected chi connectivity index (χ1v) is 1.07. The molecule has 0 amide bonds. The van der Waals surface area contributed by atoms with Crippen LogP contribution in [-0.2, 0) is 0 Å². The fourth-order valence-electron chi connectivity index (χ4n) is 0. The third kappa shape index (κ3) is 335. The van der Waals surface area contributed by atoms with Crippen molar-refractivity contribution in [1.29, 1.82) is 0 Å². The molecular formula is C2H5F3Li+. The minimum Gasteiger partial charge on any atom is -1.00 e. The number of halogens is 3. The zero-order valence-corrected chi connectivity index (χ0v) is 3.63. The molecule has 0 aliphatic carbocycles. The Balaban J connectivity index is -0.0000000267. The van der Waals surface area contributed by atoms with Gasteiger partial charge in [-0.15, -0.1) is 0 Å². The van der Waals surface area contributed by atoms with Crippen molar-refractivity contribution in [2.24, 2.45) is 0 Å². The van der Waals surface area contributed by atoms with Gasteiger partial charge in [-0.3, -0.25) is 0 Å². The van der Waals surface area contributed by atoms with Gasteiger partial charge >= 0.3 is 26.5 Å². The number of rotatable bonds is 0. The van der Waals surface area contributed by atoms with E-state index in [9.17, 15) is 13.2 Å². The van der Waals surface area contributed by atoms with Crippen molar-refractivity contribution in [2.45, 2.75) is 13.1 Å². The van der Waals surface area contributed by atoms with E-state index in [1.165, 1.54) is 0 Å². The first-order chi connectivity index (χ1) is 2.00. The van der Waals surface area contributed by atoms with E-state index in [4.69, 9.17) is 0 Å². The Morgan fingerprint density at radius 3 is 1.50 bits per heavy atom. The molecule has 0 saturated carbocycles. The predicted octanol–water partition coefficient (Wildman–Crippen LogP) is -1.20. The average molecular weight is 93.0 g/mol. The Morgan fingerprint density at radius 1 is 1.50 bits per heavy atom. The maximum Gasteiger partial charge on any atom is 1.00 e. The van der Waals surface area contributed by atoms with E-state index in [0.29, 0.717) is 0 Å². The van der Waals surface area contributed by atoms with E-state index in [-0.39, 0.29) is 28.6 Å². The molecule has 0 aromatic carbocycles. The van der Waals surface area contributed by atoms with Crippen molar-refractivity contribution < 1.29 is 34.9 Å². The second-order valence-corrected chi connectivity index (χ2v) is 0.781. The summed E-state index contributed by atoms with van der Waals surface area (Å²) in [4.78, 5) is 0. The fraction of sp³-hybridized carbons (Fsp3) is 1.00. The van der Waals surface area contributed by atoms with Crippen molar-refractivity contribution in [3.05, 3.63) is 0 Å². The maximum absolute atomic E-state index is 10.4. The molecule has 34 valence electrons. The Kier molecular flexibility index (Phi) is 4.08. The molecule has 0 spiro atoms. The summed E-state index contributed by atoms with van der Waals surface area (Å²) in [6.45, 7) is 0.188. The topological polar surface area (TPSA) is 0 Å². The van der Waals surface area contributed by atoms with Crippen molar-refractivity contribution in [1.82, 2.24) is 0 Å². The van der Waals surface area contributed by atoms with Crippen LogP contribution in [0.25, 0.3) is 0 Å². The summed E-state index contributed by atoms with van der Waals surface area (Å²) in [5, 5.41) is 0. The minimum atomic E-state index is -4.00. The minimum absolute atomic E-state index is 0. The molecule has 0 unspecified atom stereocenters. The molecule has 4 heteroatoms. The predicted molar refractivity (Wildman–Crippen MR) is 14.0 cm³/mol. The molecule has 0 fully saturated rings. The van der Waals surface area contributed by atoms with E-state index in [1.807, 2.05) is 0 Å². The summed E-state index contributed by atoms with van der Waals surface area (Å²) in [5.41, 5.74) is 0. The molecule has 0 bridgehead atoms. The van der Waals surface area contributed by atoms with E-state index < -0.39 is 6.18 Å². The van der Waals surface area contributed by atoms with E-state index in [0.717, 1.165) is 0 Å². The van der Waals surface area contributed by atoms with E-state index in [1.54, 1.807) is 0 Å². The second kappa shape index (κ2) is 2.54. The number of hydrogen-bond donors (Lipinski definition) is 0. The smallest absolute Gasteiger partial charge is 1.00 e. The van der Waals surface area contributed by atoms with Gasteiger partial charge in [-0.05, 0) is 0 Å². The summed E-state index contributed by atoms with van der Waals surface area (Å²) in [5.74, 6) is 0. The summed E-state index contributed by atoms with van der Waals surface area (Å²) in [6.07, 6.45) is -4.00. The quantitative estimate of drug-likeness (QED) is 0.330. The third-order valence-corrected chi connectivity index (χ3v) is 0. The largest absolute Gasteiger partial charge is 1.00 e. The summed E-state index contributed by atoms with van der Waals surface area (Å²) < 4.78 is 31.1. The molecule has 0 atom stereocenters. The van der Waals surface area contributed by atoms with Gasteiger partial charge in [0, 0.05) is 6.92 Å². The Hall–Kier alpha value is 0.387. The van der Waals surface area contributed by atoms with Gasteiger partial charge < -0.3 is 1.43 Å². The third-order valence-electron chi connectivity index (χ3n) is 0. The Labute approximate surface area is 48.9 Å². The van der Waals surface area contributed by atoms with Gasteiger partial charge in [0.15, 0.2) is 0 Å². The molecular weight excluding hydrogens is 88.0 g/mol. The first kappa shape index (κ1) is 9.63. The number of alkyl halides is 3. The normalized spacial score (nSPS) is 10.0. The van der Waals surface area contributed by atoms with Crippen molar-refractivity contribution in [3.8, 4) is 0 Å². The summed E-state index contributed by atoms with van der Waals surface area (Å²) in [6, 6.07) is 0.